The summed E-state index contributed by atoms with van der Waals surface area (Å²) in [5, 5.41) is 3.42. The van der Waals surface area contributed by atoms with Crippen molar-refractivity contribution < 1.29 is 0 Å². The Labute approximate surface area is 117 Å². The lowest BCUT2D eigenvalue weighted by Gasteiger charge is -2.14. The standard InChI is InChI=1S/C14H22BrNS/c1-4-5-6-7-8-9-12(16-3)13-10-11(2)14(15)17-13/h4,10,12,16H,1,5-9H2,2-3H3. The summed E-state index contributed by atoms with van der Waals surface area (Å²) in [6.45, 7) is 5.91. The molecule has 0 saturated heterocycles. The molecule has 17 heavy (non-hydrogen) atoms. The Bertz CT molecular complexity index is 326. The normalized spacial score (nSPS) is 12.6. The van der Waals surface area contributed by atoms with Crippen molar-refractivity contribution in [3.63, 3.8) is 0 Å². The zero-order chi connectivity index (χ0) is 12.7. The molecule has 1 nitrogen and oxygen atoms in total. The number of halogens is 1. The van der Waals surface area contributed by atoms with Gasteiger partial charge in [0, 0.05) is 10.9 Å². The largest absolute Gasteiger partial charge is 0.312 e. The molecule has 1 unspecified atom stereocenters. The molecule has 1 rings (SSSR count). The highest BCUT2D eigenvalue weighted by Crippen LogP contribution is 2.33. The number of thiophene rings is 1. The second-order valence-corrected chi connectivity index (χ2v) is 6.78. The average molecular weight is 316 g/mol. The van der Waals surface area contributed by atoms with E-state index in [9.17, 15) is 0 Å². The molecule has 0 amide bonds. The first-order chi connectivity index (χ1) is 8.19. The number of rotatable bonds is 8. The number of hydrogen-bond acceptors (Lipinski definition) is 2. The minimum absolute atomic E-state index is 0.508. The van der Waals surface area contributed by atoms with Gasteiger partial charge in [0.15, 0.2) is 0 Å². The second kappa shape index (κ2) is 8.06. The SMILES string of the molecule is C=CCCCCCC(NC)c1cc(C)c(Br)s1. The molecule has 0 radical (unpaired) electrons. The van der Waals surface area contributed by atoms with Crippen LogP contribution in [-0.2, 0) is 0 Å². The Kier molecular flexibility index (Phi) is 7.09. The van der Waals surface area contributed by atoms with Crippen LogP contribution in [0.25, 0.3) is 0 Å². The van der Waals surface area contributed by atoms with Gasteiger partial charge >= 0.3 is 0 Å². The van der Waals surface area contributed by atoms with Gasteiger partial charge in [0.25, 0.3) is 0 Å². The summed E-state index contributed by atoms with van der Waals surface area (Å²) in [4.78, 5) is 1.44. The van der Waals surface area contributed by atoms with Gasteiger partial charge in [0.1, 0.15) is 0 Å². The van der Waals surface area contributed by atoms with Crippen molar-refractivity contribution in [2.24, 2.45) is 0 Å². The molecule has 0 aliphatic carbocycles. The van der Waals surface area contributed by atoms with Gasteiger partial charge in [-0.3, -0.25) is 0 Å². The fourth-order valence-electron chi connectivity index (χ4n) is 1.90. The van der Waals surface area contributed by atoms with Crippen LogP contribution in [0.15, 0.2) is 22.5 Å². The molecule has 1 aromatic rings. The maximum atomic E-state index is 3.75. The molecule has 3 heteroatoms. The highest BCUT2D eigenvalue weighted by molar-refractivity contribution is 9.11. The van der Waals surface area contributed by atoms with Gasteiger partial charge in [-0.25, -0.2) is 0 Å². The lowest BCUT2D eigenvalue weighted by molar-refractivity contribution is 0.514. The summed E-state index contributed by atoms with van der Waals surface area (Å²) < 4.78 is 1.26. The average Bonchev–Trinajstić information content (AvgIpc) is 2.64. The zero-order valence-corrected chi connectivity index (χ0v) is 13.2. The van der Waals surface area contributed by atoms with Crippen LogP contribution in [0.3, 0.4) is 0 Å². The van der Waals surface area contributed by atoms with E-state index < -0.39 is 0 Å². The molecule has 0 aliphatic heterocycles. The molecule has 1 heterocycles. The Hall–Kier alpha value is -0.120. The van der Waals surface area contributed by atoms with Crippen LogP contribution in [0.1, 0.15) is 48.6 Å². The summed E-state index contributed by atoms with van der Waals surface area (Å²) in [7, 11) is 2.05. The summed E-state index contributed by atoms with van der Waals surface area (Å²) in [6.07, 6.45) is 8.24. The van der Waals surface area contributed by atoms with Crippen LogP contribution in [0.2, 0.25) is 0 Å². The van der Waals surface area contributed by atoms with E-state index in [-0.39, 0.29) is 0 Å². The van der Waals surface area contributed by atoms with Gasteiger partial charge < -0.3 is 5.32 Å². The number of unbranched alkanes of at least 4 members (excludes halogenated alkanes) is 3. The highest BCUT2D eigenvalue weighted by Gasteiger charge is 2.12. The Morgan fingerprint density at radius 1 is 1.47 bits per heavy atom. The summed E-state index contributed by atoms with van der Waals surface area (Å²) in [5.74, 6) is 0. The van der Waals surface area contributed by atoms with Gasteiger partial charge in [-0.1, -0.05) is 18.9 Å². The topological polar surface area (TPSA) is 12.0 Å². The molecule has 1 atom stereocenters. The van der Waals surface area contributed by atoms with E-state index in [0.717, 1.165) is 6.42 Å². The van der Waals surface area contributed by atoms with Crippen molar-refractivity contribution in [2.45, 2.75) is 45.1 Å². The van der Waals surface area contributed by atoms with E-state index in [0.29, 0.717) is 6.04 Å². The molecule has 0 aromatic carbocycles. The first-order valence-corrected chi connectivity index (χ1v) is 7.84. The molecule has 96 valence electrons. The van der Waals surface area contributed by atoms with E-state index in [1.54, 1.807) is 0 Å². The lowest BCUT2D eigenvalue weighted by atomic mass is 10.1. The van der Waals surface area contributed by atoms with Crippen molar-refractivity contribution in [3.05, 3.63) is 32.9 Å². The van der Waals surface area contributed by atoms with Crippen LogP contribution in [-0.4, -0.2) is 7.05 Å². The second-order valence-electron chi connectivity index (χ2n) is 4.37. The van der Waals surface area contributed by atoms with Crippen LogP contribution < -0.4 is 5.32 Å². The molecule has 0 saturated carbocycles. The molecule has 0 spiro atoms. The van der Waals surface area contributed by atoms with Crippen LogP contribution in [0, 0.1) is 6.92 Å². The number of nitrogens with one attached hydrogen (secondary N) is 1. The Balaban J connectivity index is 2.40. The van der Waals surface area contributed by atoms with E-state index in [2.05, 4.69) is 47.9 Å². The Morgan fingerprint density at radius 3 is 2.76 bits per heavy atom. The van der Waals surface area contributed by atoms with Crippen LogP contribution in [0.4, 0.5) is 0 Å². The van der Waals surface area contributed by atoms with Crippen LogP contribution in [0.5, 0.6) is 0 Å². The molecular formula is C14H22BrNS. The maximum Gasteiger partial charge on any atom is 0.0731 e. The van der Waals surface area contributed by atoms with Gasteiger partial charge in [-0.05, 0) is 60.8 Å². The fourth-order valence-corrected chi connectivity index (χ4v) is 3.61. The van der Waals surface area contributed by atoms with Crippen LogP contribution >= 0.6 is 27.3 Å². The first-order valence-electron chi connectivity index (χ1n) is 6.23. The summed E-state index contributed by atoms with van der Waals surface area (Å²) in [5.41, 5.74) is 1.34. The molecular weight excluding hydrogens is 294 g/mol. The molecule has 0 bridgehead atoms. The first kappa shape index (κ1) is 14.9. The molecule has 1 aromatic heterocycles. The van der Waals surface area contributed by atoms with Gasteiger partial charge in [-0.2, -0.15) is 0 Å². The molecule has 0 aliphatic rings. The lowest BCUT2D eigenvalue weighted by Crippen LogP contribution is -2.14. The highest BCUT2D eigenvalue weighted by atomic mass is 79.9. The quantitative estimate of drug-likeness (QED) is 0.512. The summed E-state index contributed by atoms with van der Waals surface area (Å²) in [6, 6.07) is 2.80. The third kappa shape index (κ3) is 4.94. The predicted octanol–water partition coefficient (Wildman–Crippen LogP) is 5.22. The third-order valence-corrected chi connectivity index (χ3v) is 5.22. The maximum absolute atomic E-state index is 3.75. The monoisotopic (exact) mass is 315 g/mol. The minimum Gasteiger partial charge on any atom is -0.312 e. The van der Waals surface area contributed by atoms with Crippen molar-refractivity contribution in [2.75, 3.05) is 7.05 Å². The molecule has 1 N–H and O–H groups in total. The molecule has 0 fully saturated rings. The summed E-state index contributed by atoms with van der Waals surface area (Å²) >= 11 is 5.45. The predicted molar refractivity (Wildman–Crippen MR) is 81.8 cm³/mol. The van der Waals surface area contributed by atoms with Gasteiger partial charge in [0.05, 0.1) is 3.79 Å². The van der Waals surface area contributed by atoms with E-state index in [4.69, 9.17) is 0 Å². The van der Waals surface area contributed by atoms with Gasteiger partial charge in [0.2, 0.25) is 0 Å². The fraction of sp³-hybridized carbons (Fsp3) is 0.571. The number of allylic oxidation sites excluding steroid dienone is 1. The zero-order valence-electron chi connectivity index (χ0n) is 10.8. The van der Waals surface area contributed by atoms with E-state index >= 15 is 0 Å². The smallest absolute Gasteiger partial charge is 0.0731 e. The van der Waals surface area contributed by atoms with Crippen molar-refractivity contribution in [1.82, 2.24) is 5.32 Å². The van der Waals surface area contributed by atoms with Crippen molar-refractivity contribution >= 4 is 27.3 Å². The third-order valence-electron chi connectivity index (χ3n) is 2.97. The minimum atomic E-state index is 0.508. The van der Waals surface area contributed by atoms with E-state index in [1.165, 1.54) is 39.9 Å². The van der Waals surface area contributed by atoms with E-state index in [1.807, 2.05) is 17.4 Å². The van der Waals surface area contributed by atoms with Gasteiger partial charge in [-0.15, -0.1) is 17.9 Å². The Morgan fingerprint density at radius 2 is 2.24 bits per heavy atom. The number of aryl methyl sites for hydroxylation is 1. The van der Waals surface area contributed by atoms with Crippen molar-refractivity contribution in [3.8, 4) is 0 Å². The van der Waals surface area contributed by atoms with Crippen molar-refractivity contribution in [1.29, 1.82) is 0 Å². The number of hydrogen-bond donors (Lipinski definition) is 1.